The Bertz CT molecular complexity index is 883. The average molecular weight is 350 g/mol. The lowest BCUT2D eigenvalue weighted by molar-refractivity contribution is 0.208. The molecule has 2 aromatic heterocycles. The van der Waals surface area contributed by atoms with Crippen molar-refractivity contribution in [1.82, 2.24) is 14.8 Å². The standard InChI is InChI=1S/C20H22N4O2/c1-20(2,3)16-14-18(24(22-16)17-12-8-9-13-21-17)23(4)19(25)26-15-10-6-5-7-11-15/h5-14H,1-4H3. The Morgan fingerprint density at radius 1 is 1.08 bits per heavy atom. The maximum absolute atomic E-state index is 12.6. The number of aromatic nitrogens is 3. The third-order valence-electron chi connectivity index (χ3n) is 3.89. The van der Waals surface area contributed by atoms with E-state index in [1.807, 2.05) is 42.5 Å². The second-order valence-electron chi connectivity index (χ2n) is 6.98. The molecule has 3 rings (SSSR count). The zero-order chi connectivity index (χ0) is 18.7. The molecule has 0 N–H and O–H groups in total. The Balaban J connectivity index is 1.97. The molecule has 2 heterocycles. The molecule has 134 valence electrons. The van der Waals surface area contributed by atoms with Crippen molar-refractivity contribution in [3.63, 3.8) is 0 Å². The van der Waals surface area contributed by atoms with Gasteiger partial charge in [0.05, 0.1) is 5.69 Å². The van der Waals surface area contributed by atoms with Gasteiger partial charge in [0, 0.05) is 24.7 Å². The Labute approximate surface area is 153 Å². The van der Waals surface area contributed by atoms with Crippen molar-refractivity contribution in [2.24, 2.45) is 0 Å². The summed E-state index contributed by atoms with van der Waals surface area (Å²) < 4.78 is 7.10. The number of hydrogen-bond acceptors (Lipinski definition) is 4. The van der Waals surface area contributed by atoms with Crippen LogP contribution in [-0.2, 0) is 5.41 Å². The summed E-state index contributed by atoms with van der Waals surface area (Å²) in [7, 11) is 1.66. The first-order valence-electron chi connectivity index (χ1n) is 8.39. The molecular formula is C20H22N4O2. The number of anilines is 1. The summed E-state index contributed by atoms with van der Waals surface area (Å²) in [4.78, 5) is 18.4. The number of amides is 1. The van der Waals surface area contributed by atoms with E-state index < -0.39 is 6.09 Å². The lowest BCUT2D eigenvalue weighted by Gasteiger charge is -2.17. The molecule has 0 aliphatic rings. The molecular weight excluding hydrogens is 328 g/mol. The maximum Gasteiger partial charge on any atom is 0.420 e. The molecule has 0 unspecified atom stereocenters. The van der Waals surface area contributed by atoms with Gasteiger partial charge < -0.3 is 4.74 Å². The van der Waals surface area contributed by atoms with Crippen molar-refractivity contribution in [2.45, 2.75) is 26.2 Å². The van der Waals surface area contributed by atoms with Crippen LogP contribution in [0.15, 0.2) is 60.8 Å². The molecule has 0 aliphatic heterocycles. The van der Waals surface area contributed by atoms with Gasteiger partial charge in [0.2, 0.25) is 0 Å². The molecule has 0 saturated heterocycles. The average Bonchev–Trinajstić information content (AvgIpc) is 3.08. The van der Waals surface area contributed by atoms with Crippen LogP contribution in [0, 0.1) is 0 Å². The predicted molar refractivity (Wildman–Crippen MR) is 101 cm³/mol. The quantitative estimate of drug-likeness (QED) is 0.710. The van der Waals surface area contributed by atoms with Crippen LogP contribution in [-0.4, -0.2) is 27.9 Å². The van der Waals surface area contributed by atoms with Crippen molar-refractivity contribution < 1.29 is 9.53 Å². The number of rotatable bonds is 3. The van der Waals surface area contributed by atoms with Crippen LogP contribution in [0.5, 0.6) is 5.75 Å². The zero-order valence-corrected chi connectivity index (χ0v) is 15.4. The fourth-order valence-electron chi connectivity index (χ4n) is 2.38. The first-order chi connectivity index (χ1) is 12.4. The molecule has 6 nitrogen and oxygen atoms in total. The molecule has 0 aliphatic carbocycles. The molecule has 0 fully saturated rings. The summed E-state index contributed by atoms with van der Waals surface area (Å²) in [5, 5.41) is 4.67. The van der Waals surface area contributed by atoms with E-state index in [1.165, 1.54) is 4.90 Å². The van der Waals surface area contributed by atoms with E-state index in [1.54, 1.807) is 30.1 Å². The van der Waals surface area contributed by atoms with Gasteiger partial charge in [-0.2, -0.15) is 9.78 Å². The highest BCUT2D eigenvalue weighted by Crippen LogP contribution is 2.28. The number of hydrogen-bond donors (Lipinski definition) is 0. The SMILES string of the molecule is CN(C(=O)Oc1ccccc1)c1cc(C(C)(C)C)nn1-c1ccccn1. The van der Waals surface area contributed by atoms with Crippen molar-refractivity contribution in [3.8, 4) is 11.6 Å². The van der Waals surface area contributed by atoms with Crippen molar-refractivity contribution >= 4 is 11.9 Å². The van der Waals surface area contributed by atoms with Gasteiger partial charge in [-0.05, 0) is 24.3 Å². The number of pyridine rings is 1. The largest absolute Gasteiger partial charge is 0.420 e. The van der Waals surface area contributed by atoms with Crippen LogP contribution < -0.4 is 9.64 Å². The second kappa shape index (κ2) is 7.00. The fraction of sp³-hybridized carbons (Fsp3) is 0.250. The summed E-state index contributed by atoms with van der Waals surface area (Å²) >= 11 is 0. The molecule has 6 heteroatoms. The summed E-state index contributed by atoms with van der Waals surface area (Å²) in [6, 6.07) is 16.4. The third-order valence-corrected chi connectivity index (χ3v) is 3.89. The monoisotopic (exact) mass is 350 g/mol. The zero-order valence-electron chi connectivity index (χ0n) is 15.4. The molecule has 0 bridgehead atoms. The molecule has 0 atom stereocenters. The molecule has 26 heavy (non-hydrogen) atoms. The van der Waals surface area contributed by atoms with Gasteiger partial charge in [0.25, 0.3) is 0 Å². The van der Waals surface area contributed by atoms with Crippen LogP contribution in [0.2, 0.25) is 0 Å². The maximum atomic E-state index is 12.6. The van der Waals surface area contributed by atoms with Crippen molar-refractivity contribution in [3.05, 3.63) is 66.5 Å². The van der Waals surface area contributed by atoms with Gasteiger partial charge in [-0.3, -0.25) is 4.90 Å². The highest BCUT2D eigenvalue weighted by molar-refractivity contribution is 5.88. The Morgan fingerprint density at radius 2 is 1.77 bits per heavy atom. The lowest BCUT2D eigenvalue weighted by atomic mass is 9.92. The summed E-state index contributed by atoms with van der Waals surface area (Å²) in [6.07, 6.45) is 1.20. The van der Waals surface area contributed by atoms with Gasteiger partial charge in [-0.25, -0.2) is 9.78 Å². The van der Waals surface area contributed by atoms with Crippen LogP contribution in [0.3, 0.4) is 0 Å². The summed E-state index contributed by atoms with van der Waals surface area (Å²) in [5.74, 6) is 1.72. The lowest BCUT2D eigenvalue weighted by Crippen LogP contribution is -2.31. The van der Waals surface area contributed by atoms with Gasteiger partial charge >= 0.3 is 6.09 Å². The van der Waals surface area contributed by atoms with E-state index in [4.69, 9.17) is 4.74 Å². The molecule has 0 radical (unpaired) electrons. The number of para-hydroxylation sites is 1. The molecule has 0 saturated carbocycles. The molecule has 0 spiro atoms. The number of benzene rings is 1. The number of ether oxygens (including phenoxy) is 1. The Hall–Kier alpha value is -3.15. The smallest absolute Gasteiger partial charge is 0.410 e. The van der Waals surface area contributed by atoms with E-state index >= 15 is 0 Å². The van der Waals surface area contributed by atoms with Gasteiger partial charge in [-0.1, -0.05) is 45.0 Å². The summed E-state index contributed by atoms with van der Waals surface area (Å²) in [6.45, 7) is 6.22. The van der Waals surface area contributed by atoms with Crippen LogP contribution in [0.1, 0.15) is 26.5 Å². The first-order valence-corrected chi connectivity index (χ1v) is 8.39. The fourth-order valence-corrected chi connectivity index (χ4v) is 2.38. The normalized spacial score (nSPS) is 11.2. The molecule has 3 aromatic rings. The van der Waals surface area contributed by atoms with Gasteiger partial charge in [0.1, 0.15) is 11.6 Å². The highest BCUT2D eigenvalue weighted by Gasteiger charge is 2.25. The topological polar surface area (TPSA) is 60.3 Å². The molecule has 1 aromatic carbocycles. The third kappa shape index (κ3) is 3.74. The van der Waals surface area contributed by atoms with E-state index in [0.717, 1.165) is 5.69 Å². The Kier molecular flexibility index (Phi) is 4.75. The summed E-state index contributed by atoms with van der Waals surface area (Å²) in [5.41, 5.74) is 0.691. The first kappa shape index (κ1) is 17.7. The van der Waals surface area contributed by atoms with Crippen molar-refractivity contribution in [1.29, 1.82) is 0 Å². The van der Waals surface area contributed by atoms with E-state index in [9.17, 15) is 4.79 Å². The minimum absolute atomic E-state index is 0.168. The minimum atomic E-state index is -0.492. The van der Waals surface area contributed by atoms with E-state index in [2.05, 4.69) is 30.9 Å². The van der Waals surface area contributed by atoms with Crippen LogP contribution in [0.4, 0.5) is 10.6 Å². The minimum Gasteiger partial charge on any atom is -0.410 e. The number of carbonyl (C=O) groups excluding carboxylic acids is 1. The van der Waals surface area contributed by atoms with Crippen LogP contribution >= 0.6 is 0 Å². The van der Waals surface area contributed by atoms with Crippen LogP contribution in [0.25, 0.3) is 5.82 Å². The molecule has 1 amide bonds. The van der Waals surface area contributed by atoms with Gasteiger partial charge in [-0.15, -0.1) is 0 Å². The number of nitrogens with zero attached hydrogens (tertiary/aromatic N) is 4. The number of carbonyl (C=O) groups is 1. The predicted octanol–water partition coefficient (Wildman–Crippen LogP) is 4.20. The second-order valence-corrected chi connectivity index (χ2v) is 6.98. The Morgan fingerprint density at radius 3 is 2.38 bits per heavy atom. The van der Waals surface area contributed by atoms with Crippen molar-refractivity contribution in [2.75, 3.05) is 11.9 Å². The van der Waals surface area contributed by atoms with E-state index in [-0.39, 0.29) is 5.41 Å². The highest BCUT2D eigenvalue weighted by atomic mass is 16.6. The van der Waals surface area contributed by atoms with Gasteiger partial charge in [0.15, 0.2) is 5.82 Å². The van der Waals surface area contributed by atoms with E-state index in [0.29, 0.717) is 17.4 Å².